The van der Waals surface area contributed by atoms with Gasteiger partial charge in [0, 0.05) is 19.2 Å². The first kappa shape index (κ1) is 18.4. The van der Waals surface area contributed by atoms with Gasteiger partial charge in [0.2, 0.25) is 10.0 Å². The molecule has 0 amide bonds. The molecule has 0 bridgehead atoms. The van der Waals surface area contributed by atoms with Crippen molar-refractivity contribution in [1.82, 2.24) is 9.66 Å². The topological polar surface area (TPSA) is 176 Å². The van der Waals surface area contributed by atoms with Gasteiger partial charge in [-0.25, -0.2) is 18.0 Å². The lowest BCUT2D eigenvalue weighted by atomic mass is 10.2. The molecule has 0 saturated heterocycles. The van der Waals surface area contributed by atoms with Gasteiger partial charge in [-0.05, 0) is 12.5 Å². The maximum absolute atomic E-state index is 12.4. The number of aliphatic hydroxyl groups excluding tert-OH is 1. The van der Waals surface area contributed by atoms with E-state index in [2.05, 4.69) is 10.3 Å². The molecule has 2 aromatic rings. The molecule has 0 aliphatic carbocycles. The normalized spacial score (nSPS) is 11.4. The summed E-state index contributed by atoms with van der Waals surface area (Å²) in [4.78, 5) is 38.7. The van der Waals surface area contributed by atoms with Gasteiger partial charge in [0.15, 0.2) is 0 Å². The number of sulfonamides is 1. The fraction of sp³-hybridized carbons (Fsp3) is 0.333. The van der Waals surface area contributed by atoms with E-state index in [4.69, 9.17) is 5.11 Å². The number of hydrogen-bond donors (Lipinski definition) is 4. The summed E-state index contributed by atoms with van der Waals surface area (Å²) in [6.07, 6.45) is 1.08. The molecule has 1 heterocycles. The number of aliphatic hydroxyl groups is 1. The molecule has 1 aromatic carbocycles. The van der Waals surface area contributed by atoms with Crippen molar-refractivity contribution in [3.63, 3.8) is 0 Å². The van der Waals surface area contributed by atoms with Crippen LogP contribution in [0.5, 0.6) is 0 Å². The van der Waals surface area contributed by atoms with Crippen molar-refractivity contribution in [2.75, 3.05) is 29.6 Å². The van der Waals surface area contributed by atoms with E-state index in [-0.39, 0.29) is 40.1 Å². The average molecular weight is 373 g/mol. The first-order valence-electron chi connectivity index (χ1n) is 6.94. The summed E-state index contributed by atoms with van der Waals surface area (Å²) in [6, 6.07) is 2.15. The van der Waals surface area contributed by atoms with Crippen molar-refractivity contribution < 1.29 is 18.4 Å². The molecule has 0 aliphatic rings. The number of nitrogens with zero attached hydrogens (tertiary/aromatic N) is 2. The second-order valence-corrected chi connectivity index (χ2v) is 6.84. The summed E-state index contributed by atoms with van der Waals surface area (Å²) in [5.41, 5.74) is -2.56. The summed E-state index contributed by atoms with van der Waals surface area (Å²) >= 11 is 0. The molecule has 0 fully saturated rings. The van der Waals surface area contributed by atoms with Crippen LogP contribution in [-0.2, 0) is 10.0 Å². The molecular weight excluding hydrogens is 358 g/mol. The molecule has 0 spiro atoms. The Balaban J connectivity index is 2.70. The number of aromatic nitrogens is 2. The molecule has 1 aromatic heterocycles. The standard InChI is InChI=1S/C12H15N5O7S/c1-25(23,24)15-16-11(19)7-5-9(13-3-2-4-18)10(17(21)22)6-8(7)14-12(16)20/h5-6,13,15,18H,2-4H2,1H3,(H,14,20). The Bertz CT molecular complexity index is 1040. The fourth-order valence-electron chi connectivity index (χ4n) is 2.10. The van der Waals surface area contributed by atoms with E-state index in [9.17, 15) is 28.1 Å². The van der Waals surface area contributed by atoms with Gasteiger partial charge in [0.1, 0.15) is 5.69 Å². The molecule has 0 saturated carbocycles. The third kappa shape index (κ3) is 4.13. The number of nitro benzene ring substituents is 1. The first-order valence-corrected chi connectivity index (χ1v) is 8.83. The first-order chi connectivity index (χ1) is 11.6. The van der Waals surface area contributed by atoms with Crippen molar-refractivity contribution in [2.45, 2.75) is 6.42 Å². The van der Waals surface area contributed by atoms with Gasteiger partial charge in [-0.15, -0.1) is 0 Å². The van der Waals surface area contributed by atoms with Crippen LogP contribution in [-0.4, -0.2) is 47.5 Å². The van der Waals surface area contributed by atoms with E-state index >= 15 is 0 Å². The Kier molecular flexibility index (Phi) is 5.08. The number of hydrogen-bond acceptors (Lipinski definition) is 8. The highest BCUT2D eigenvalue weighted by Crippen LogP contribution is 2.27. The van der Waals surface area contributed by atoms with E-state index < -0.39 is 26.2 Å². The molecule has 12 nitrogen and oxygen atoms in total. The lowest BCUT2D eigenvalue weighted by molar-refractivity contribution is -0.383. The molecule has 4 N–H and O–H groups in total. The summed E-state index contributed by atoms with van der Waals surface area (Å²) in [5, 5.41) is 22.5. The van der Waals surface area contributed by atoms with Gasteiger partial charge in [0.25, 0.3) is 11.2 Å². The Labute approximate surface area is 140 Å². The number of H-pyrrole nitrogens is 1. The minimum Gasteiger partial charge on any atom is -0.396 e. The van der Waals surface area contributed by atoms with Crippen LogP contribution in [0.15, 0.2) is 21.7 Å². The van der Waals surface area contributed by atoms with Crippen LogP contribution in [0, 0.1) is 10.1 Å². The Hall–Kier alpha value is -2.93. The van der Waals surface area contributed by atoms with Crippen molar-refractivity contribution in [1.29, 1.82) is 0 Å². The summed E-state index contributed by atoms with van der Waals surface area (Å²) in [6.45, 7) is 0.0781. The van der Waals surface area contributed by atoms with E-state index in [1.54, 1.807) is 4.83 Å². The predicted molar refractivity (Wildman–Crippen MR) is 89.9 cm³/mol. The number of benzene rings is 1. The molecule has 13 heteroatoms. The maximum atomic E-state index is 12.4. The third-order valence-electron chi connectivity index (χ3n) is 3.12. The van der Waals surface area contributed by atoms with E-state index in [1.165, 1.54) is 0 Å². The minimum atomic E-state index is -3.90. The minimum absolute atomic E-state index is 0.000930. The second kappa shape index (κ2) is 6.90. The number of fused-ring (bicyclic) bond motifs is 1. The molecule has 0 radical (unpaired) electrons. The zero-order valence-corrected chi connectivity index (χ0v) is 13.8. The smallest absolute Gasteiger partial charge is 0.348 e. The molecule has 136 valence electrons. The maximum Gasteiger partial charge on any atom is 0.348 e. The highest BCUT2D eigenvalue weighted by molar-refractivity contribution is 7.91. The van der Waals surface area contributed by atoms with E-state index in [1.807, 2.05) is 0 Å². The van der Waals surface area contributed by atoms with Crippen LogP contribution < -0.4 is 21.4 Å². The molecular formula is C12H15N5O7S. The Morgan fingerprint density at radius 1 is 1.36 bits per heavy atom. The largest absolute Gasteiger partial charge is 0.396 e. The average Bonchev–Trinajstić information content (AvgIpc) is 2.50. The van der Waals surface area contributed by atoms with Crippen molar-refractivity contribution in [2.24, 2.45) is 0 Å². The van der Waals surface area contributed by atoms with Gasteiger partial charge in [-0.1, -0.05) is 0 Å². The fourth-order valence-corrected chi connectivity index (χ4v) is 2.59. The number of nitrogens with one attached hydrogen (secondary N) is 3. The van der Waals surface area contributed by atoms with E-state index in [0.29, 0.717) is 6.42 Å². The Morgan fingerprint density at radius 2 is 2.04 bits per heavy atom. The number of anilines is 1. The van der Waals surface area contributed by atoms with Gasteiger partial charge in [-0.2, -0.15) is 4.68 Å². The van der Waals surface area contributed by atoms with Gasteiger partial charge >= 0.3 is 5.69 Å². The number of nitro groups is 1. The van der Waals surface area contributed by atoms with Crippen LogP contribution in [0.3, 0.4) is 0 Å². The lowest BCUT2D eigenvalue weighted by Crippen LogP contribution is -2.43. The van der Waals surface area contributed by atoms with Crippen LogP contribution >= 0.6 is 0 Å². The monoisotopic (exact) mass is 373 g/mol. The lowest BCUT2D eigenvalue weighted by Gasteiger charge is -2.10. The van der Waals surface area contributed by atoms with Gasteiger partial charge in [-0.3, -0.25) is 14.9 Å². The number of rotatable bonds is 7. The SMILES string of the molecule is CS(=O)(=O)Nn1c(=O)[nH]c2cc([N+](=O)[O-])c(NCCCO)cc2c1=O. The predicted octanol–water partition coefficient (Wildman–Crippen LogP) is -1.10. The van der Waals surface area contributed by atoms with Crippen LogP contribution in [0.25, 0.3) is 10.9 Å². The van der Waals surface area contributed by atoms with Gasteiger partial charge in [0.05, 0.1) is 22.1 Å². The third-order valence-corrected chi connectivity index (χ3v) is 3.63. The molecule has 2 rings (SSSR count). The van der Waals surface area contributed by atoms with Crippen molar-refractivity contribution >= 4 is 32.3 Å². The van der Waals surface area contributed by atoms with E-state index in [0.717, 1.165) is 18.4 Å². The summed E-state index contributed by atoms with van der Waals surface area (Å²) in [5.74, 6) is 0. The van der Waals surface area contributed by atoms with Crippen LogP contribution in [0.1, 0.15) is 6.42 Å². The zero-order valence-electron chi connectivity index (χ0n) is 13.0. The van der Waals surface area contributed by atoms with Crippen molar-refractivity contribution in [3.05, 3.63) is 43.1 Å². The van der Waals surface area contributed by atoms with Gasteiger partial charge < -0.3 is 15.4 Å². The van der Waals surface area contributed by atoms with Crippen LogP contribution in [0.2, 0.25) is 0 Å². The quantitative estimate of drug-likeness (QED) is 0.268. The zero-order chi connectivity index (χ0) is 18.8. The number of aromatic amines is 1. The second-order valence-electron chi connectivity index (χ2n) is 5.11. The summed E-state index contributed by atoms with van der Waals surface area (Å²) in [7, 11) is -3.90. The molecule has 25 heavy (non-hydrogen) atoms. The highest BCUT2D eigenvalue weighted by Gasteiger charge is 2.19. The molecule has 0 atom stereocenters. The Morgan fingerprint density at radius 3 is 2.60 bits per heavy atom. The molecule has 0 unspecified atom stereocenters. The highest BCUT2D eigenvalue weighted by atomic mass is 32.2. The van der Waals surface area contributed by atoms with Crippen molar-refractivity contribution in [3.8, 4) is 0 Å². The summed E-state index contributed by atoms with van der Waals surface area (Å²) < 4.78 is 22.8. The molecule has 0 aliphatic heterocycles. The van der Waals surface area contributed by atoms with Crippen LogP contribution in [0.4, 0.5) is 11.4 Å².